The third-order valence-corrected chi connectivity index (χ3v) is 2.51. The highest BCUT2D eigenvalue weighted by Gasteiger charge is 2.33. The summed E-state index contributed by atoms with van der Waals surface area (Å²) in [4.78, 5) is 0. The smallest absolute Gasteiger partial charge is 0.359 e. The molecular formula is C11H10ClF3N2S. The average Bonchev–Trinajstić information content (AvgIpc) is 2.27. The molecule has 1 rings (SSSR count). The minimum absolute atomic E-state index is 0.213. The number of anilines is 1. The second-order valence-corrected chi connectivity index (χ2v) is 4.13. The van der Waals surface area contributed by atoms with E-state index in [1.807, 2.05) is 0 Å². The van der Waals surface area contributed by atoms with Crippen molar-refractivity contribution < 1.29 is 13.2 Å². The van der Waals surface area contributed by atoms with Gasteiger partial charge in [0.05, 0.1) is 10.6 Å². The molecule has 18 heavy (non-hydrogen) atoms. The van der Waals surface area contributed by atoms with Gasteiger partial charge < -0.3 is 10.6 Å². The Labute approximate surface area is 113 Å². The van der Waals surface area contributed by atoms with Gasteiger partial charge in [-0.2, -0.15) is 13.2 Å². The molecule has 2 N–H and O–H groups in total. The fraction of sp³-hybridized carbons (Fsp3) is 0.182. The van der Waals surface area contributed by atoms with Crippen molar-refractivity contribution in [3.05, 3.63) is 41.4 Å². The van der Waals surface area contributed by atoms with Crippen LogP contribution < -0.4 is 10.6 Å². The molecule has 0 heterocycles. The monoisotopic (exact) mass is 294 g/mol. The molecule has 0 fully saturated rings. The summed E-state index contributed by atoms with van der Waals surface area (Å²) in [6, 6.07) is 3.49. The van der Waals surface area contributed by atoms with Crippen molar-refractivity contribution in [3.8, 4) is 0 Å². The van der Waals surface area contributed by atoms with Gasteiger partial charge in [0.1, 0.15) is 0 Å². The molecule has 0 radical (unpaired) electrons. The van der Waals surface area contributed by atoms with E-state index < -0.39 is 11.7 Å². The van der Waals surface area contributed by atoms with Crippen LogP contribution in [0, 0.1) is 0 Å². The first-order chi connectivity index (χ1) is 8.34. The summed E-state index contributed by atoms with van der Waals surface area (Å²) in [5, 5.41) is 5.24. The Hall–Kier alpha value is -1.27. The first-order valence-corrected chi connectivity index (χ1v) is 5.65. The zero-order valence-corrected chi connectivity index (χ0v) is 10.7. The van der Waals surface area contributed by atoms with Crippen LogP contribution >= 0.6 is 23.8 Å². The molecule has 0 aromatic heterocycles. The Bertz CT molecular complexity index is 460. The number of hydrogen-bond donors (Lipinski definition) is 2. The van der Waals surface area contributed by atoms with E-state index in [4.69, 9.17) is 23.8 Å². The molecule has 1 aromatic carbocycles. The molecule has 0 unspecified atom stereocenters. The van der Waals surface area contributed by atoms with Gasteiger partial charge >= 0.3 is 6.18 Å². The van der Waals surface area contributed by atoms with E-state index in [2.05, 4.69) is 17.2 Å². The van der Waals surface area contributed by atoms with Gasteiger partial charge in [-0.1, -0.05) is 17.7 Å². The Balaban J connectivity index is 2.86. The van der Waals surface area contributed by atoms with Crippen LogP contribution in [0.2, 0.25) is 5.02 Å². The number of halogens is 4. The molecule has 0 aliphatic carbocycles. The van der Waals surface area contributed by atoms with Gasteiger partial charge in [0, 0.05) is 12.2 Å². The van der Waals surface area contributed by atoms with E-state index in [0.717, 1.165) is 6.07 Å². The van der Waals surface area contributed by atoms with Crippen LogP contribution in [0.25, 0.3) is 0 Å². The van der Waals surface area contributed by atoms with Gasteiger partial charge in [-0.15, -0.1) is 6.58 Å². The minimum Gasteiger partial charge on any atom is -0.359 e. The average molecular weight is 295 g/mol. The topological polar surface area (TPSA) is 24.1 Å². The molecule has 1 aromatic rings. The van der Waals surface area contributed by atoms with Gasteiger partial charge in [0.2, 0.25) is 0 Å². The normalized spacial score (nSPS) is 10.9. The molecule has 0 atom stereocenters. The SMILES string of the molecule is C=CCNC(=S)Nc1ccc(Cl)c(C(F)(F)F)c1. The van der Waals surface area contributed by atoms with E-state index in [1.165, 1.54) is 12.1 Å². The van der Waals surface area contributed by atoms with Crippen LogP contribution in [0.1, 0.15) is 5.56 Å². The maximum atomic E-state index is 12.6. The molecule has 0 amide bonds. The second-order valence-electron chi connectivity index (χ2n) is 3.32. The molecule has 98 valence electrons. The van der Waals surface area contributed by atoms with E-state index in [-0.39, 0.29) is 15.8 Å². The lowest BCUT2D eigenvalue weighted by molar-refractivity contribution is -0.137. The number of hydrogen-bond acceptors (Lipinski definition) is 1. The third kappa shape index (κ3) is 4.19. The molecule has 0 spiro atoms. The highest BCUT2D eigenvalue weighted by molar-refractivity contribution is 7.80. The lowest BCUT2D eigenvalue weighted by atomic mass is 10.2. The molecule has 0 aliphatic heterocycles. The highest BCUT2D eigenvalue weighted by Crippen LogP contribution is 2.36. The van der Waals surface area contributed by atoms with Gasteiger partial charge in [0.15, 0.2) is 5.11 Å². The number of nitrogens with one attached hydrogen (secondary N) is 2. The van der Waals surface area contributed by atoms with Gasteiger partial charge in [-0.25, -0.2) is 0 Å². The van der Waals surface area contributed by atoms with Gasteiger partial charge in [-0.3, -0.25) is 0 Å². The van der Waals surface area contributed by atoms with Crippen LogP contribution in [0.5, 0.6) is 0 Å². The Morgan fingerprint density at radius 2 is 2.11 bits per heavy atom. The zero-order valence-electron chi connectivity index (χ0n) is 9.14. The van der Waals surface area contributed by atoms with Crippen molar-refractivity contribution >= 4 is 34.6 Å². The van der Waals surface area contributed by atoms with Crippen molar-refractivity contribution in [1.82, 2.24) is 5.32 Å². The molecule has 2 nitrogen and oxygen atoms in total. The first-order valence-electron chi connectivity index (χ1n) is 4.87. The van der Waals surface area contributed by atoms with Crippen LogP contribution in [-0.2, 0) is 6.18 Å². The van der Waals surface area contributed by atoms with Crippen LogP contribution in [0.15, 0.2) is 30.9 Å². The summed E-state index contributed by atoms with van der Waals surface area (Å²) in [5.74, 6) is 0. The molecule has 0 saturated heterocycles. The molecule has 0 bridgehead atoms. The largest absolute Gasteiger partial charge is 0.417 e. The summed E-state index contributed by atoms with van der Waals surface area (Å²) in [6.07, 6.45) is -2.91. The van der Waals surface area contributed by atoms with Crippen molar-refractivity contribution in [3.63, 3.8) is 0 Å². The van der Waals surface area contributed by atoms with Crippen molar-refractivity contribution in [2.24, 2.45) is 0 Å². The van der Waals surface area contributed by atoms with Crippen molar-refractivity contribution in [2.75, 3.05) is 11.9 Å². The van der Waals surface area contributed by atoms with E-state index in [1.54, 1.807) is 6.08 Å². The maximum absolute atomic E-state index is 12.6. The standard InChI is InChI=1S/C11H10ClF3N2S/c1-2-5-16-10(18)17-7-3-4-9(12)8(6-7)11(13,14)15/h2-4,6H,1,5H2,(H2,16,17,18). The van der Waals surface area contributed by atoms with Crippen LogP contribution in [0.4, 0.5) is 18.9 Å². The summed E-state index contributed by atoms with van der Waals surface area (Å²) < 4.78 is 37.8. The predicted octanol–water partition coefficient (Wildman–Crippen LogP) is 3.83. The lowest BCUT2D eigenvalue weighted by Crippen LogP contribution is -2.28. The third-order valence-electron chi connectivity index (χ3n) is 1.94. The maximum Gasteiger partial charge on any atom is 0.417 e. The number of benzene rings is 1. The summed E-state index contributed by atoms with van der Waals surface area (Å²) in [5.41, 5.74) is -0.686. The van der Waals surface area contributed by atoms with Crippen LogP contribution in [-0.4, -0.2) is 11.7 Å². The molecule has 7 heteroatoms. The highest BCUT2D eigenvalue weighted by atomic mass is 35.5. The Kier molecular flexibility index (Phi) is 4.98. The van der Waals surface area contributed by atoms with Crippen molar-refractivity contribution in [2.45, 2.75) is 6.18 Å². The molecule has 0 aliphatic rings. The quantitative estimate of drug-likeness (QED) is 0.654. The molecular weight excluding hydrogens is 285 g/mol. The number of thiocarbonyl (C=S) groups is 1. The second kappa shape index (κ2) is 6.06. The van der Waals surface area contributed by atoms with Gasteiger partial charge in [0.25, 0.3) is 0 Å². The summed E-state index contributed by atoms with van der Waals surface area (Å²) >= 11 is 10.4. The van der Waals surface area contributed by atoms with E-state index in [9.17, 15) is 13.2 Å². The summed E-state index contributed by atoms with van der Waals surface area (Å²) in [7, 11) is 0. The van der Waals surface area contributed by atoms with Crippen LogP contribution in [0.3, 0.4) is 0 Å². The lowest BCUT2D eigenvalue weighted by Gasteiger charge is -2.13. The Morgan fingerprint density at radius 1 is 1.44 bits per heavy atom. The minimum atomic E-state index is -4.50. The fourth-order valence-corrected chi connectivity index (χ4v) is 1.59. The van der Waals surface area contributed by atoms with Gasteiger partial charge in [-0.05, 0) is 30.4 Å². The number of rotatable bonds is 3. The summed E-state index contributed by atoms with van der Waals surface area (Å²) in [6.45, 7) is 3.90. The zero-order chi connectivity index (χ0) is 13.8. The van der Waals surface area contributed by atoms with Crippen molar-refractivity contribution in [1.29, 1.82) is 0 Å². The fourth-order valence-electron chi connectivity index (χ4n) is 1.16. The number of alkyl halides is 3. The predicted molar refractivity (Wildman–Crippen MR) is 70.9 cm³/mol. The molecule has 0 saturated carbocycles. The van der Waals surface area contributed by atoms with E-state index in [0.29, 0.717) is 6.54 Å². The first kappa shape index (κ1) is 14.8. The Morgan fingerprint density at radius 3 is 2.67 bits per heavy atom. The van der Waals surface area contributed by atoms with E-state index >= 15 is 0 Å².